The lowest BCUT2D eigenvalue weighted by Gasteiger charge is -2.21. The van der Waals surface area contributed by atoms with Crippen molar-refractivity contribution in [3.63, 3.8) is 0 Å². The summed E-state index contributed by atoms with van der Waals surface area (Å²) in [7, 11) is -3.48. The van der Waals surface area contributed by atoms with Crippen molar-refractivity contribution in [2.45, 2.75) is 45.6 Å². The molecule has 0 radical (unpaired) electrons. The minimum absolute atomic E-state index is 0.184. The van der Waals surface area contributed by atoms with Crippen LogP contribution in [0.25, 0.3) is 0 Å². The fourth-order valence-electron chi connectivity index (χ4n) is 3.38. The maximum atomic E-state index is 12.8. The quantitative estimate of drug-likeness (QED) is 0.775. The summed E-state index contributed by atoms with van der Waals surface area (Å²) >= 11 is 0. The Morgan fingerprint density at radius 2 is 1.93 bits per heavy atom. The summed E-state index contributed by atoms with van der Waals surface area (Å²) in [5.74, 6) is 0.113. The predicted molar refractivity (Wildman–Crippen MR) is 116 cm³/mol. The zero-order valence-corrected chi connectivity index (χ0v) is 18.0. The fraction of sp³-hybridized carbons (Fsp3) is 0.409. The van der Waals surface area contributed by atoms with Crippen LogP contribution in [0.1, 0.15) is 37.3 Å². The van der Waals surface area contributed by atoms with E-state index < -0.39 is 16.1 Å². The lowest BCUT2D eigenvalue weighted by atomic mass is 10.1. The molecule has 7 heteroatoms. The normalized spacial score (nSPS) is 16.5. The molecule has 1 aliphatic rings. The van der Waals surface area contributed by atoms with Gasteiger partial charge >= 0.3 is 0 Å². The Hall–Kier alpha value is -2.54. The molecule has 0 saturated heterocycles. The number of unbranched alkanes of at least 4 members (excludes halogenated alkanes) is 1. The summed E-state index contributed by atoms with van der Waals surface area (Å²) in [6, 6.07) is 13.1. The molecule has 0 saturated carbocycles. The molecule has 156 valence electrons. The molecule has 1 N–H and O–H groups in total. The van der Waals surface area contributed by atoms with Crippen molar-refractivity contribution in [2.75, 3.05) is 22.4 Å². The van der Waals surface area contributed by atoms with E-state index in [0.29, 0.717) is 17.1 Å². The van der Waals surface area contributed by atoms with Crippen molar-refractivity contribution < 1.29 is 17.9 Å². The van der Waals surface area contributed by atoms with Crippen molar-refractivity contribution in [2.24, 2.45) is 0 Å². The van der Waals surface area contributed by atoms with Gasteiger partial charge in [-0.3, -0.25) is 9.10 Å². The summed E-state index contributed by atoms with van der Waals surface area (Å²) in [6.07, 6.45) is 3.96. The molecule has 1 amide bonds. The highest BCUT2D eigenvalue weighted by molar-refractivity contribution is 7.92. The van der Waals surface area contributed by atoms with Gasteiger partial charge in [-0.25, -0.2) is 8.42 Å². The second kappa shape index (κ2) is 8.86. The monoisotopic (exact) mass is 416 g/mol. The second-order valence-corrected chi connectivity index (χ2v) is 9.40. The molecule has 6 nitrogen and oxygen atoms in total. The topological polar surface area (TPSA) is 75.7 Å². The number of nitrogens with one attached hydrogen (secondary N) is 1. The van der Waals surface area contributed by atoms with Gasteiger partial charge in [0, 0.05) is 18.7 Å². The number of sulfonamides is 1. The molecule has 2 aromatic rings. The molecule has 0 unspecified atom stereocenters. The third-order valence-electron chi connectivity index (χ3n) is 4.98. The van der Waals surface area contributed by atoms with Crippen LogP contribution >= 0.6 is 0 Å². The minimum atomic E-state index is -3.48. The number of rotatable bonds is 6. The van der Waals surface area contributed by atoms with Crippen LogP contribution in [-0.4, -0.2) is 33.2 Å². The smallest absolute Gasteiger partial charge is 0.265 e. The van der Waals surface area contributed by atoms with Crippen LogP contribution < -0.4 is 14.4 Å². The van der Waals surface area contributed by atoms with Gasteiger partial charge in [0.2, 0.25) is 10.0 Å². The van der Waals surface area contributed by atoms with Crippen molar-refractivity contribution in [3.05, 3.63) is 53.6 Å². The van der Waals surface area contributed by atoms with E-state index in [1.807, 2.05) is 37.3 Å². The first kappa shape index (κ1) is 21.2. The average molecular weight is 417 g/mol. The van der Waals surface area contributed by atoms with E-state index in [2.05, 4.69) is 12.2 Å². The molecular weight excluding hydrogens is 388 g/mol. The molecule has 3 rings (SSSR count). The van der Waals surface area contributed by atoms with Gasteiger partial charge < -0.3 is 10.1 Å². The highest BCUT2D eigenvalue weighted by atomic mass is 32.2. The zero-order chi connectivity index (χ0) is 21.0. The number of anilines is 2. The lowest BCUT2D eigenvalue weighted by Crippen LogP contribution is -2.35. The van der Waals surface area contributed by atoms with E-state index in [4.69, 9.17) is 4.74 Å². The number of hydrogen-bond donors (Lipinski definition) is 1. The number of ether oxygens (including phenoxy) is 1. The zero-order valence-electron chi connectivity index (χ0n) is 17.1. The Labute approximate surface area is 172 Å². The number of fused-ring (bicyclic) bond motifs is 1. The van der Waals surface area contributed by atoms with Gasteiger partial charge in [-0.1, -0.05) is 31.5 Å². The van der Waals surface area contributed by atoms with E-state index in [0.717, 1.165) is 24.8 Å². The lowest BCUT2D eigenvalue weighted by molar-refractivity contribution is -0.122. The molecule has 0 aliphatic carbocycles. The second-order valence-electron chi connectivity index (χ2n) is 7.49. The molecule has 0 aromatic heterocycles. The van der Waals surface area contributed by atoms with Crippen LogP contribution in [0.3, 0.4) is 0 Å². The molecule has 29 heavy (non-hydrogen) atoms. The number of carbonyl (C=O) groups excluding carboxylic acids is 1. The third-order valence-corrected chi connectivity index (χ3v) is 6.16. The van der Waals surface area contributed by atoms with Crippen LogP contribution in [-0.2, 0) is 21.2 Å². The molecule has 1 aliphatic heterocycles. The minimum Gasteiger partial charge on any atom is -0.478 e. The van der Waals surface area contributed by atoms with E-state index in [1.54, 1.807) is 12.1 Å². The first-order chi connectivity index (χ1) is 13.8. The molecule has 0 spiro atoms. The van der Waals surface area contributed by atoms with E-state index in [-0.39, 0.29) is 18.9 Å². The Morgan fingerprint density at radius 1 is 1.21 bits per heavy atom. The average Bonchev–Trinajstić information content (AvgIpc) is 2.86. The van der Waals surface area contributed by atoms with Crippen molar-refractivity contribution in [1.82, 2.24) is 0 Å². The Bertz CT molecular complexity index is 971. The number of aryl methyl sites for hydroxylation is 2. The molecular formula is C22H28N2O4S. The van der Waals surface area contributed by atoms with Gasteiger partial charge in [-0.2, -0.15) is 0 Å². The van der Waals surface area contributed by atoms with Crippen molar-refractivity contribution >= 4 is 27.3 Å². The Morgan fingerprint density at radius 3 is 2.59 bits per heavy atom. The summed E-state index contributed by atoms with van der Waals surface area (Å²) in [6.45, 7) is 4.23. The summed E-state index contributed by atoms with van der Waals surface area (Å²) in [5.41, 5.74) is 3.34. The van der Waals surface area contributed by atoms with E-state index in [9.17, 15) is 13.2 Å². The van der Waals surface area contributed by atoms with Crippen LogP contribution in [0.5, 0.6) is 5.75 Å². The van der Waals surface area contributed by atoms with E-state index in [1.165, 1.54) is 16.1 Å². The van der Waals surface area contributed by atoms with Crippen LogP contribution in [0.2, 0.25) is 0 Å². The van der Waals surface area contributed by atoms with Gasteiger partial charge in [0.25, 0.3) is 5.91 Å². The van der Waals surface area contributed by atoms with Crippen LogP contribution in [0.15, 0.2) is 42.5 Å². The highest BCUT2D eigenvalue weighted by Gasteiger charge is 2.31. The van der Waals surface area contributed by atoms with Gasteiger partial charge in [0.05, 0.1) is 11.9 Å². The summed E-state index contributed by atoms with van der Waals surface area (Å²) < 4.78 is 31.8. The molecule has 0 fully saturated rings. The van der Waals surface area contributed by atoms with Gasteiger partial charge in [0.15, 0.2) is 6.10 Å². The number of hydrogen-bond acceptors (Lipinski definition) is 4. The molecule has 1 atom stereocenters. The first-order valence-electron chi connectivity index (χ1n) is 9.92. The molecule has 2 aromatic carbocycles. The fourth-order valence-corrected chi connectivity index (χ4v) is 4.31. The maximum Gasteiger partial charge on any atom is 0.265 e. The first-order valence-corrected chi connectivity index (χ1v) is 11.8. The standard InChI is InChI=1S/C22H28N2O4S/c1-4-5-6-17-8-10-18(11-9-17)23-22(25)21-13-14-24(29(3,26)27)19-15-16(2)7-12-20(19)28-21/h7-12,15,21H,4-6,13-14H2,1-3H3,(H,23,25)/t21-/m0/s1. The predicted octanol–water partition coefficient (Wildman–Crippen LogP) is 3.89. The van der Waals surface area contributed by atoms with Crippen molar-refractivity contribution in [3.8, 4) is 5.75 Å². The Kier molecular flexibility index (Phi) is 6.47. The number of nitrogens with zero attached hydrogens (tertiary/aromatic N) is 1. The van der Waals surface area contributed by atoms with Crippen LogP contribution in [0, 0.1) is 6.92 Å². The number of carbonyl (C=O) groups is 1. The van der Waals surface area contributed by atoms with Gasteiger partial charge in [-0.15, -0.1) is 0 Å². The number of amides is 1. The highest BCUT2D eigenvalue weighted by Crippen LogP contribution is 2.35. The van der Waals surface area contributed by atoms with Crippen LogP contribution in [0.4, 0.5) is 11.4 Å². The van der Waals surface area contributed by atoms with E-state index >= 15 is 0 Å². The van der Waals surface area contributed by atoms with Gasteiger partial charge in [-0.05, 0) is 55.2 Å². The maximum absolute atomic E-state index is 12.8. The third kappa shape index (κ3) is 5.29. The largest absolute Gasteiger partial charge is 0.478 e. The summed E-state index contributed by atoms with van der Waals surface area (Å²) in [4.78, 5) is 12.8. The summed E-state index contributed by atoms with van der Waals surface area (Å²) in [5, 5.41) is 2.89. The van der Waals surface area contributed by atoms with Crippen molar-refractivity contribution in [1.29, 1.82) is 0 Å². The Balaban J connectivity index is 1.76. The van der Waals surface area contributed by atoms with Gasteiger partial charge in [0.1, 0.15) is 5.75 Å². The number of benzene rings is 2. The SMILES string of the molecule is CCCCc1ccc(NC(=O)[C@@H]2CCN(S(C)(=O)=O)c3cc(C)ccc3O2)cc1. The molecule has 0 bridgehead atoms. The molecule has 1 heterocycles.